The lowest BCUT2D eigenvalue weighted by Crippen LogP contribution is -2.34. The number of Topliss-reactive ketones (excluding diaryl/α,β-unsaturated/α-hetero) is 1. The molecule has 2 N–H and O–H groups in total. The van der Waals surface area contributed by atoms with Crippen molar-refractivity contribution in [1.29, 1.82) is 0 Å². The van der Waals surface area contributed by atoms with Gasteiger partial charge in [0.05, 0.1) is 0 Å². The third-order valence-corrected chi connectivity index (χ3v) is 4.82. The molecule has 0 saturated heterocycles. The van der Waals surface area contributed by atoms with Crippen LogP contribution in [0.25, 0.3) is 6.08 Å². The van der Waals surface area contributed by atoms with Gasteiger partial charge in [0.1, 0.15) is 11.9 Å². The lowest BCUT2D eigenvalue weighted by Gasteiger charge is -2.22. The molecule has 1 aliphatic heterocycles. The van der Waals surface area contributed by atoms with Crippen LogP contribution in [-0.4, -0.2) is 23.2 Å². The first-order valence-corrected chi connectivity index (χ1v) is 10.2. The van der Waals surface area contributed by atoms with E-state index in [-0.39, 0.29) is 11.8 Å². The fraction of sp³-hybridized carbons (Fsp3) is 0.375. The van der Waals surface area contributed by atoms with E-state index in [4.69, 9.17) is 0 Å². The molecule has 1 aromatic heterocycles. The van der Waals surface area contributed by atoms with Gasteiger partial charge in [-0.3, -0.25) is 9.59 Å². The minimum Gasteiger partial charge on any atom is -0.378 e. The Balaban J connectivity index is 2.36. The molecule has 0 aliphatic carbocycles. The van der Waals surface area contributed by atoms with E-state index in [1.54, 1.807) is 6.20 Å². The van der Waals surface area contributed by atoms with Crippen molar-refractivity contribution in [2.75, 3.05) is 5.32 Å². The van der Waals surface area contributed by atoms with Crippen molar-refractivity contribution in [2.45, 2.75) is 59.4 Å². The van der Waals surface area contributed by atoms with E-state index in [0.717, 1.165) is 47.1 Å². The molecule has 154 valence electrons. The van der Waals surface area contributed by atoms with E-state index in [0.29, 0.717) is 18.6 Å². The fourth-order valence-corrected chi connectivity index (χ4v) is 3.19. The second-order valence-corrected chi connectivity index (χ2v) is 7.25. The summed E-state index contributed by atoms with van der Waals surface area (Å²) in [4.78, 5) is 27.2. The molecule has 0 saturated carbocycles. The standard InChI is InChI=1S/C24H31N3O2/c1-5-7-8-10-19(13-20-14-26-24(27-16-28)12-17(20)3)21-15-25-22(11-18(21)4)23(29)9-6-2/h8,10-16,22,25H,5-7,9H2,1-4H3,(H,26,27,28)/b10-8+,19-13+. The number of nitrogens with one attached hydrogen (secondary N) is 2. The van der Waals surface area contributed by atoms with Crippen LogP contribution in [0.1, 0.15) is 57.6 Å². The number of rotatable bonds is 10. The largest absolute Gasteiger partial charge is 0.378 e. The summed E-state index contributed by atoms with van der Waals surface area (Å²) in [5.74, 6) is 0.747. The Bertz CT molecular complexity index is 863. The van der Waals surface area contributed by atoms with Gasteiger partial charge in [0.2, 0.25) is 6.41 Å². The van der Waals surface area contributed by atoms with E-state index < -0.39 is 0 Å². The Hall–Kier alpha value is -2.95. The lowest BCUT2D eigenvalue weighted by molar-refractivity contribution is -0.119. The number of hydrogen-bond donors (Lipinski definition) is 2. The first kappa shape index (κ1) is 22.3. The van der Waals surface area contributed by atoms with E-state index in [9.17, 15) is 9.59 Å². The molecule has 1 atom stereocenters. The predicted molar refractivity (Wildman–Crippen MR) is 119 cm³/mol. The topological polar surface area (TPSA) is 71.1 Å². The van der Waals surface area contributed by atoms with E-state index in [1.807, 2.05) is 39.1 Å². The first-order chi connectivity index (χ1) is 14.0. The van der Waals surface area contributed by atoms with Crippen molar-refractivity contribution in [2.24, 2.45) is 0 Å². The Morgan fingerprint density at radius 1 is 1.28 bits per heavy atom. The molecule has 0 fully saturated rings. The van der Waals surface area contributed by atoms with Crippen LogP contribution in [0.2, 0.25) is 0 Å². The Morgan fingerprint density at radius 2 is 2.07 bits per heavy atom. The fourth-order valence-electron chi connectivity index (χ4n) is 3.19. The highest BCUT2D eigenvalue weighted by Gasteiger charge is 2.19. The molecule has 2 rings (SSSR count). The van der Waals surface area contributed by atoms with Crippen molar-refractivity contribution in [3.63, 3.8) is 0 Å². The first-order valence-electron chi connectivity index (χ1n) is 10.2. The van der Waals surface area contributed by atoms with Crippen LogP contribution in [0.15, 0.2) is 53.4 Å². The summed E-state index contributed by atoms with van der Waals surface area (Å²) in [5.41, 5.74) is 5.20. The molecule has 0 radical (unpaired) electrons. The van der Waals surface area contributed by atoms with Crippen molar-refractivity contribution >= 4 is 24.1 Å². The maximum Gasteiger partial charge on any atom is 0.212 e. The third kappa shape index (κ3) is 6.28. The normalized spacial score (nSPS) is 16.8. The van der Waals surface area contributed by atoms with Gasteiger partial charge in [-0.15, -0.1) is 0 Å². The number of hydrogen-bond acceptors (Lipinski definition) is 4. The molecular weight excluding hydrogens is 362 g/mol. The number of dihydropyridines is 1. The molecule has 0 spiro atoms. The quantitative estimate of drug-likeness (QED) is 0.439. The minimum absolute atomic E-state index is 0.215. The predicted octanol–water partition coefficient (Wildman–Crippen LogP) is 4.87. The summed E-state index contributed by atoms with van der Waals surface area (Å²) in [6.45, 7) is 8.20. The number of ketones is 1. The lowest BCUT2D eigenvalue weighted by atomic mass is 9.91. The van der Waals surface area contributed by atoms with Crippen LogP contribution < -0.4 is 10.6 Å². The molecular formula is C24H31N3O2. The summed E-state index contributed by atoms with van der Waals surface area (Å²) in [5, 5.41) is 5.83. The highest BCUT2D eigenvalue weighted by atomic mass is 16.1. The molecule has 5 nitrogen and oxygen atoms in total. The van der Waals surface area contributed by atoms with E-state index in [2.05, 4.69) is 40.8 Å². The van der Waals surface area contributed by atoms with E-state index in [1.165, 1.54) is 0 Å². The maximum atomic E-state index is 12.2. The van der Waals surface area contributed by atoms with Crippen LogP contribution >= 0.6 is 0 Å². The highest BCUT2D eigenvalue weighted by molar-refractivity contribution is 5.87. The zero-order valence-corrected chi connectivity index (χ0v) is 17.8. The highest BCUT2D eigenvalue weighted by Crippen LogP contribution is 2.27. The van der Waals surface area contributed by atoms with Crippen LogP contribution in [-0.2, 0) is 9.59 Å². The molecule has 2 heterocycles. The summed E-state index contributed by atoms with van der Waals surface area (Å²) < 4.78 is 0. The van der Waals surface area contributed by atoms with E-state index >= 15 is 0 Å². The number of carbonyl (C=O) groups is 2. The average Bonchev–Trinajstić information content (AvgIpc) is 2.69. The van der Waals surface area contributed by atoms with Gasteiger partial charge in [-0.1, -0.05) is 38.5 Å². The average molecular weight is 394 g/mol. The second-order valence-electron chi connectivity index (χ2n) is 7.25. The van der Waals surface area contributed by atoms with Gasteiger partial charge in [-0.2, -0.15) is 0 Å². The monoisotopic (exact) mass is 393 g/mol. The van der Waals surface area contributed by atoms with Crippen molar-refractivity contribution in [1.82, 2.24) is 10.3 Å². The zero-order chi connectivity index (χ0) is 21.2. The number of pyridine rings is 1. The number of amides is 1. The van der Waals surface area contributed by atoms with Gasteiger partial charge in [-0.25, -0.2) is 4.98 Å². The molecule has 1 aliphatic rings. The molecule has 1 aromatic rings. The smallest absolute Gasteiger partial charge is 0.212 e. The van der Waals surface area contributed by atoms with Gasteiger partial charge in [0.25, 0.3) is 0 Å². The third-order valence-electron chi connectivity index (χ3n) is 4.82. The molecule has 1 unspecified atom stereocenters. The van der Waals surface area contributed by atoms with Crippen LogP contribution in [0.3, 0.4) is 0 Å². The number of carbonyl (C=O) groups excluding carboxylic acids is 2. The van der Waals surface area contributed by atoms with Gasteiger partial charge in [-0.05, 0) is 61.1 Å². The number of allylic oxidation sites excluding steroid dienone is 5. The van der Waals surface area contributed by atoms with Crippen molar-refractivity contribution < 1.29 is 9.59 Å². The number of aryl methyl sites for hydroxylation is 1. The molecule has 0 bridgehead atoms. The number of nitrogens with zero attached hydrogens (tertiary/aromatic N) is 1. The summed E-state index contributed by atoms with van der Waals surface area (Å²) in [6, 6.07) is 1.60. The molecule has 29 heavy (non-hydrogen) atoms. The molecule has 0 aromatic carbocycles. The second kappa shape index (κ2) is 11.1. The number of anilines is 1. The number of aromatic nitrogens is 1. The van der Waals surface area contributed by atoms with Gasteiger partial charge in [0, 0.05) is 24.4 Å². The SMILES string of the molecule is CCC/C=C/C(=C\c1cnc(NC=O)cc1C)C1=CNC(C(=O)CCC)C=C1C. The van der Waals surface area contributed by atoms with Crippen molar-refractivity contribution in [3.05, 3.63) is 64.5 Å². The zero-order valence-electron chi connectivity index (χ0n) is 17.8. The minimum atomic E-state index is -0.253. The van der Waals surface area contributed by atoms with Crippen LogP contribution in [0.4, 0.5) is 5.82 Å². The summed E-state index contributed by atoms with van der Waals surface area (Å²) >= 11 is 0. The maximum absolute atomic E-state index is 12.2. The van der Waals surface area contributed by atoms with Crippen LogP contribution in [0, 0.1) is 6.92 Å². The molecule has 1 amide bonds. The summed E-state index contributed by atoms with van der Waals surface area (Å²) in [6.07, 6.45) is 16.2. The van der Waals surface area contributed by atoms with Gasteiger partial charge < -0.3 is 10.6 Å². The Morgan fingerprint density at radius 3 is 2.69 bits per heavy atom. The van der Waals surface area contributed by atoms with Crippen molar-refractivity contribution in [3.8, 4) is 0 Å². The summed E-state index contributed by atoms with van der Waals surface area (Å²) in [7, 11) is 0. The van der Waals surface area contributed by atoms with Crippen LogP contribution in [0.5, 0.6) is 0 Å². The Kier molecular flexibility index (Phi) is 8.59. The van der Waals surface area contributed by atoms with Gasteiger partial charge >= 0.3 is 0 Å². The molecule has 5 heteroatoms. The van der Waals surface area contributed by atoms with Gasteiger partial charge in [0.15, 0.2) is 5.78 Å². The number of unbranched alkanes of at least 4 members (excludes halogenated alkanes) is 1. The Labute approximate surface area is 173 Å².